The Labute approximate surface area is 142 Å². The lowest BCUT2D eigenvalue weighted by Gasteiger charge is -2.30. The fourth-order valence-corrected chi connectivity index (χ4v) is 4.63. The zero-order valence-electron chi connectivity index (χ0n) is 12.9. The number of halogens is 1. The molecule has 1 aromatic rings. The van der Waals surface area contributed by atoms with E-state index in [4.69, 9.17) is 11.6 Å². The fourth-order valence-electron chi connectivity index (χ4n) is 2.87. The summed E-state index contributed by atoms with van der Waals surface area (Å²) in [7, 11) is -3.37. The summed E-state index contributed by atoms with van der Waals surface area (Å²) in [6.07, 6.45) is 3.32. The van der Waals surface area contributed by atoms with Crippen molar-refractivity contribution in [3.05, 3.63) is 34.9 Å². The van der Waals surface area contributed by atoms with Crippen LogP contribution >= 0.6 is 11.6 Å². The number of sulfonamides is 1. The predicted molar refractivity (Wildman–Crippen MR) is 89.5 cm³/mol. The van der Waals surface area contributed by atoms with E-state index in [9.17, 15) is 13.2 Å². The second-order valence-electron chi connectivity index (χ2n) is 6.34. The lowest BCUT2D eigenvalue weighted by atomic mass is 9.97. The van der Waals surface area contributed by atoms with E-state index in [0.717, 1.165) is 12.8 Å². The van der Waals surface area contributed by atoms with Gasteiger partial charge >= 0.3 is 0 Å². The Bertz CT molecular complexity index is 680. The van der Waals surface area contributed by atoms with Crippen molar-refractivity contribution in [2.45, 2.75) is 37.5 Å². The van der Waals surface area contributed by atoms with Crippen molar-refractivity contribution in [3.63, 3.8) is 0 Å². The first-order valence-corrected chi connectivity index (χ1v) is 9.95. The summed E-state index contributed by atoms with van der Waals surface area (Å²) in [6, 6.07) is 7.27. The van der Waals surface area contributed by atoms with Crippen LogP contribution in [0.15, 0.2) is 24.3 Å². The van der Waals surface area contributed by atoms with Crippen molar-refractivity contribution in [1.82, 2.24) is 9.62 Å². The van der Waals surface area contributed by atoms with Crippen molar-refractivity contribution < 1.29 is 13.2 Å². The average molecular weight is 357 g/mol. The van der Waals surface area contributed by atoms with Gasteiger partial charge in [0.1, 0.15) is 0 Å². The van der Waals surface area contributed by atoms with Crippen LogP contribution in [0.3, 0.4) is 0 Å². The third kappa shape index (κ3) is 4.46. The number of piperidine rings is 1. The van der Waals surface area contributed by atoms with E-state index in [-0.39, 0.29) is 17.6 Å². The third-order valence-electron chi connectivity index (χ3n) is 4.38. The summed E-state index contributed by atoms with van der Waals surface area (Å²) < 4.78 is 26.5. The van der Waals surface area contributed by atoms with Crippen molar-refractivity contribution in [3.8, 4) is 0 Å². The monoisotopic (exact) mass is 356 g/mol. The third-order valence-corrected chi connectivity index (χ3v) is 6.47. The van der Waals surface area contributed by atoms with E-state index < -0.39 is 10.0 Å². The molecule has 1 aliphatic carbocycles. The Balaban J connectivity index is 1.56. The minimum Gasteiger partial charge on any atom is -0.353 e. The van der Waals surface area contributed by atoms with Crippen LogP contribution in [0.4, 0.5) is 0 Å². The lowest BCUT2D eigenvalue weighted by Crippen LogP contribution is -2.43. The molecule has 3 rings (SSSR count). The van der Waals surface area contributed by atoms with Crippen molar-refractivity contribution in [2.75, 3.05) is 13.1 Å². The summed E-state index contributed by atoms with van der Waals surface area (Å²) in [4.78, 5) is 12.0. The van der Waals surface area contributed by atoms with Crippen LogP contribution in [0.5, 0.6) is 0 Å². The first-order valence-electron chi connectivity index (χ1n) is 7.97. The highest BCUT2D eigenvalue weighted by Crippen LogP contribution is 2.25. The molecule has 2 aliphatic rings. The number of carbonyl (C=O) groups is 1. The minimum absolute atomic E-state index is 0.0491. The van der Waals surface area contributed by atoms with Crippen LogP contribution in [0.2, 0.25) is 5.02 Å². The molecule has 1 aliphatic heterocycles. The van der Waals surface area contributed by atoms with E-state index in [1.54, 1.807) is 24.3 Å². The zero-order chi connectivity index (χ0) is 16.4. The van der Waals surface area contributed by atoms with Crippen LogP contribution in [-0.2, 0) is 20.6 Å². The van der Waals surface area contributed by atoms with Gasteiger partial charge < -0.3 is 5.32 Å². The SMILES string of the molecule is O=C(NC1CC1)C1CCN(S(=O)(=O)Cc2cccc(Cl)c2)CC1. The van der Waals surface area contributed by atoms with E-state index in [2.05, 4.69) is 5.32 Å². The van der Waals surface area contributed by atoms with Crippen molar-refractivity contribution in [1.29, 1.82) is 0 Å². The molecule has 1 aromatic carbocycles. The van der Waals surface area contributed by atoms with Gasteiger partial charge in [0.2, 0.25) is 15.9 Å². The van der Waals surface area contributed by atoms with Gasteiger partial charge in [0.05, 0.1) is 5.75 Å². The summed E-state index contributed by atoms with van der Waals surface area (Å²) >= 11 is 5.91. The second-order valence-corrected chi connectivity index (χ2v) is 8.75. The molecule has 1 N–H and O–H groups in total. The van der Waals surface area contributed by atoms with Crippen LogP contribution in [0, 0.1) is 5.92 Å². The molecule has 0 spiro atoms. The smallest absolute Gasteiger partial charge is 0.223 e. The number of benzene rings is 1. The molecular formula is C16H21ClN2O3S. The Morgan fingerprint density at radius 3 is 2.52 bits per heavy atom. The molecule has 126 valence electrons. The second kappa shape index (κ2) is 6.79. The van der Waals surface area contributed by atoms with Crippen LogP contribution in [0.25, 0.3) is 0 Å². The van der Waals surface area contributed by atoms with Crippen LogP contribution in [0.1, 0.15) is 31.2 Å². The Hall–Kier alpha value is -1.11. The molecule has 1 saturated carbocycles. The van der Waals surface area contributed by atoms with Crippen molar-refractivity contribution in [2.24, 2.45) is 5.92 Å². The highest BCUT2D eigenvalue weighted by molar-refractivity contribution is 7.88. The van der Waals surface area contributed by atoms with E-state index in [0.29, 0.717) is 42.6 Å². The summed E-state index contributed by atoms with van der Waals surface area (Å²) in [5.74, 6) is -0.0282. The van der Waals surface area contributed by atoms with Crippen LogP contribution < -0.4 is 5.32 Å². The Morgan fingerprint density at radius 1 is 1.22 bits per heavy atom. The number of nitrogens with one attached hydrogen (secondary N) is 1. The molecule has 7 heteroatoms. The predicted octanol–water partition coefficient (Wildman–Crippen LogP) is 2.16. The first kappa shape index (κ1) is 16.7. The summed E-state index contributed by atoms with van der Waals surface area (Å²) in [6.45, 7) is 0.817. The lowest BCUT2D eigenvalue weighted by molar-refractivity contribution is -0.126. The molecule has 0 radical (unpaired) electrons. The van der Waals surface area contributed by atoms with Gasteiger partial charge in [-0.05, 0) is 43.4 Å². The molecule has 23 heavy (non-hydrogen) atoms. The van der Waals surface area contributed by atoms with Gasteiger partial charge in [0.25, 0.3) is 0 Å². The average Bonchev–Trinajstić information content (AvgIpc) is 3.31. The molecule has 1 heterocycles. The molecule has 5 nitrogen and oxygen atoms in total. The number of amides is 1. The van der Waals surface area contributed by atoms with Crippen LogP contribution in [-0.4, -0.2) is 37.8 Å². The van der Waals surface area contributed by atoms with Gasteiger partial charge in [-0.25, -0.2) is 12.7 Å². The Kier molecular flexibility index (Phi) is 4.94. The van der Waals surface area contributed by atoms with Gasteiger partial charge in [-0.2, -0.15) is 0 Å². The molecule has 0 atom stereocenters. The fraction of sp³-hybridized carbons (Fsp3) is 0.562. The number of rotatable bonds is 5. The van der Waals surface area contributed by atoms with Gasteiger partial charge in [0.15, 0.2) is 0 Å². The van der Waals surface area contributed by atoms with Gasteiger partial charge in [-0.1, -0.05) is 23.7 Å². The quantitative estimate of drug-likeness (QED) is 0.879. The molecular weight excluding hydrogens is 336 g/mol. The number of nitrogens with zero attached hydrogens (tertiary/aromatic N) is 1. The zero-order valence-corrected chi connectivity index (χ0v) is 14.4. The molecule has 1 saturated heterocycles. The largest absolute Gasteiger partial charge is 0.353 e. The molecule has 0 bridgehead atoms. The first-order chi connectivity index (χ1) is 10.9. The molecule has 1 amide bonds. The van der Waals surface area contributed by atoms with Gasteiger partial charge in [0, 0.05) is 30.1 Å². The van der Waals surface area contributed by atoms with E-state index in [1.807, 2.05) is 0 Å². The molecule has 0 unspecified atom stereocenters. The number of carbonyl (C=O) groups excluding carboxylic acids is 1. The molecule has 2 fully saturated rings. The molecule has 0 aromatic heterocycles. The Morgan fingerprint density at radius 2 is 1.91 bits per heavy atom. The maximum atomic E-state index is 12.5. The maximum absolute atomic E-state index is 12.5. The highest BCUT2D eigenvalue weighted by Gasteiger charge is 2.33. The standard InChI is InChI=1S/C16H21ClN2O3S/c17-14-3-1-2-12(10-14)11-23(21,22)19-8-6-13(7-9-19)16(20)18-15-4-5-15/h1-3,10,13,15H,4-9,11H2,(H,18,20). The normalized spacial score (nSPS) is 20.4. The maximum Gasteiger partial charge on any atom is 0.223 e. The minimum atomic E-state index is -3.37. The van der Waals surface area contributed by atoms with Gasteiger partial charge in [-0.3, -0.25) is 4.79 Å². The topological polar surface area (TPSA) is 66.5 Å². The van der Waals surface area contributed by atoms with Gasteiger partial charge in [-0.15, -0.1) is 0 Å². The van der Waals surface area contributed by atoms with E-state index >= 15 is 0 Å². The number of hydrogen-bond donors (Lipinski definition) is 1. The number of hydrogen-bond acceptors (Lipinski definition) is 3. The van der Waals surface area contributed by atoms with E-state index in [1.165, 1.54) is 4.31 Å². The highest BCUT2D eigenvalue weighted by atomic mass is 35.5. The summed E-state index contributed by atoms with van der Waals surface area (Å²) in [5.41, 5.74) is 0.686. The van der Waals surface area contributed by atoms with Crippen molar-refractivity contribution >= 4 is 27.5 Å². The summed E-state index contributed by atoms with van der Waals surface area (Å²) in [5, 5.41) is 3.54.